The molecule has 0 unspecified atom stereocenters. The molecular weight excluding hydrogens is 321 g/mol. The van der Waals surface area contributed by atoms with E-state index in [9.17, 15) is 14.0 Å². The Morgan fingerprint density at radius 1 is 1.16 bits per heavy atom. The first-order valence-electron chi connectivity index (χ1n) is 9.06. The van der Waals surface area contributed by atoms with E-state index in [0.717, 1.165) is 17.4 Å². The van der Waals surface area contributed by atoms with Gasteiger partial charge in [-0.2, -0.15) is 0 Å². The number of rotatable bonds is 6. The summed E-state index contributed by atoms with van der Waals surface area (Å²) in [4.78, 5) is 23.8. The first kappa shape index (κ1) is 17.7. The van der Waals surface area contributed by atoms with Crippen LogP contribution in [-0.4, -0.2) is 24.5 Å². The summed E-state index contributed by atoms with van der Waals surface area (Å²) < 4.78 is 12.8. The van der Waals surface area contributed by atoms with Crippen LogP contribution in [0.5, 0.6) is 0 Å². The van der Waals surface area contributed by atoms with Crippen LogP contribution in [0.4, 0.5) is 9.18 Å². The first-order chi connectivity index (χ1) is 12.0. The van der Waals surface area contributed by atoms with Gasteiger partial charge in [-0.1, -0.05) is 18.6 Å². The molecule has 5 nitrogen and oxygen atoms in total. The zero-order chi connectivity index (χ0) is 17.8. The quantitative estimate of drug-likeness (QED) is 0.740. The van der Waals surface area contributed by atoms with Crippen molar-refractivity contribution in [3.05, 3.63) is 35.6 Å². The third-order valence-electron chi connectivity index (χ3n) is 5.60. The maximum atomic E-state index is 12.8. The van der Waals surface area contributed by atoms with Gasteiger partial charge >= 0.3 is 6.03 Å². The van der Waals surface area contributed by atoms with Gasteiger partial charge in [0.15, 0.2) is 0 Å². The van der Waals surface area contributed by atoms with Crippen LogP contribution in [0.3, 0.4) is 0 Å². The molecule has 1 aromatic rings. The number of fused-ring (bicyclic) bond motifs is 2. The third-order valence-corrected chi connectivity index (χ3v) is 5.60. The third kappa shape index (κ3) is 4.71. The minimum atomic E-state index is -0.410. The van der Waals surface area contributed by atoms with Gasteiger partial charge in [-0.05, 0) is 61.6 Å². The second-order valence-corrected chi connectivity index (χ2v) is 7.36. The average Bonchev–Trinajstić information content (AvgIpc) is 3.23. The summed E-state index contributed by atoms with van der Waals surface area (Å²) in [7, 11) is 0. The second kappa shape index (κ2) is 7.85. The molecule has 0 spiro atoms. The van der Waals surface area contributed by atoms with Crippen molar-refractivity contribution in [2.75, 3.05) is 6.54 Å². The summed E-state index contributed by atoms with van der Waals surface area (Å²) in [5.74, 6) is 1.72. The molecule has 136 valence electrons. The van der Waals surface area contributed by atoms with E-state index in [1.165, 1.54) is 37.8 Å². The summed E-state index contributed by atoms with van der Waals surface area (Å²) in [5.41, 5.74) is 0.797. The number of urea groups is 1. The number of amides is 3. The molecule has 0 aromatic heterocycles. The van der Waals surface area contributed by atoms with Gasteiger partial charge in [0.05, 0.1) is 6.54 Å². The predicted molar refractivity (Wildman–Crippen MR) is 93.2 cm³/mol. The molecule has 4 atom stereocenters. The van der Waals surface area contributed by atoms with Gasteiger partial charge in [-0.25, -0.2) is 9.18 Å². The lowest BCUT2D eigenvalue weighted by Crippen LogP contribution is -2.46. The number of carbonyl (C=O) groups is 2. The standard InChI is InChI=1S/C19H26FN3O2/c1-12(17-9-14-2-5-15(17)8-14)23-18(24)11-22-19(25)21-10-13-3-6-16(20)7-4-13/h3-4,6-7,12,14-15,17H,2,5,8-11H2,1H3,(H,23,24)(H2,21,22,25)/t12-,14+,15+,17-/m1/s1. The smallest absolute Gasteiger partial charge is 0.315 e. The van der Waals surface area contributed by atoms with Crippen molar-refractivity contribution < 1.29 is 14.0 Å². The van der Waals surface area contributed by atoms with Crippen LogP contribution < -0.4 is 16.0 Å². The largest absolute Gasteiger partial charge is 0.352 e. The summed E-state index contributed by atoms with van der Waals surface area (Å²) in [6.07, 6.45) is 5.17. The summed E-state index contributed by atoms with van der Waals surface area (Å²) in [6, 6.07) is 5.66. The molecule has 0 heterocycles. The second-order valence-electron chi connectivity index (χ2n) is 7.36. The first-order valence-corrected chi connectivity index (χ1v) is 9.06. The number of hydrogen-bond donors (Lipinski definition) is 3. The van der Waals surface area contributed by atoms with Gasteiger partial charge in [0.2, 0.25) is 5.91 Å². The molecule has 3 amide bonds. The Morgan fingerprint density at radius 2 is 1.92 bits per heavy atom. The monoisotopic (exact) mass is 347 g/mol. The van der Waals surface area contributed by atoms with Gasteiger partial charge in [-0.15, -0.1) is 0 Å². The lowest BCUT2D eigenvalue weighted by molar-refractivity contribution is -0.121. The van der Waals surface area contributed by atoms with Crippen LogP contribution in [0.15, 0.2) is 24.3 Å². The van der Waals surface area contributed by atoms with Crippen LogP contribution in [0, 0.1) is 23.6 Å². The molecular formula is C19H26FN3O2. The average molecular weight is 347 g/mol. The molecule has 2 saturated carbocycles. The minimum absolute atomic E-state index is 0.0413. The van der Waals surface area contributed by atoms with Gasteiger partial charge in [0, 0.05) is 12.6 Å². The Labute approximate surface area is 147 Å². The zero-order valence-corrected chi connectivity index (χ0v) is 14.6. The van der Waals surface area contributed by atoms with E-state index in [1.54, 1.807) is 12.1 Å². The van der Waals surface area contributed by atoms with Crippen LogP contribution >= 0.6 is 0 Å². The molecule has 0 saturated heterocycles. The number of hydrogen-bond acceptors (Lipinski definition) is 2. The van der Waals surface area contributed by atoms with E-state index in [4.69, 9.17) is 0 Å². The van der Waals surface area contributed by atoms with Crippen molar-refractivity contribution in [3.8, 4) is 0 Å². The van der Waals surface area contributed by atoms with Crippen LogP contribution in [0.2, 0.25) is 0 Å². The van der Waals surface area contributed by atoms with Crippen LogP contribution in [-0.2, 0) is 11.3 Å². The maximum absolute atomic E-state index is 12.8. The Bertz CT molecular complexity index is 620. The van der Waals surface area contributed by atoms with Crippen molar-refractivity contribution >= 4 is 11.9 Å². The Morgan fingerprint density at radius 3 is 2.56 bits per heavy atom. The van der Waals surface area contributed by atoms with E-state index in [1.807, 2.05) is 0 Å². The van der Waals surface area contributed by atoms with Crippen molar-refractivity contribution in [1.82, 2.24) is 16.0 Å². The lowest BCUT2D eigenvalue weighted by Gasteiger charge is -2.28. The van der Waals surface area contributed by atoms with Crippen molar-refractivity contribution in [2.24, 2.45) is 17.8 Å². The van der Waals surface area contributed by atoms with Gasteiger partial charge in [0.1, 0.15) is 5.82 Å². The fraction of sp³-hybridized carbons (Fsp3) is 0.579. The summed E-state index contributed by atoms with van der Waals surface area (Å²) in [5, 5.41) is 8.23. The Hall–Kier alpha value is -2.11. The highest BCUT2D eigenvalue weighted by Crippen LogP contribution is 2.49. The molecule has 6 heteroatoms. The number of halogens is 1. The molecule has 1 aromatic carbocycles. The Balaban J connectivity index is 1.34. The minimum Gasteiger partial charge on any atom is -0.352 e. The molecule has 3 N–H and O–H groups in total. The van der Waals surface area contributed by atoms with Gasteiger partial charge in [0.25, 0.3) is 0 Å². The molecule has 3 rings (SSSR count). The molecule has 0 radical (unpaired) electrons. The molecule has 25 heavy (non-hydrogen) atoms. The van der Waals surface area contributed by atoms with Crippen LogP contribution in [0.1, 0.15) is 38.2 Å². The highest BCUT2D eigenvalue weighted by atomic mass is 19.1. The molecule has 2 aliphatic carbocycles. The van der Waals surface area contributed by atoms with Gasteiger partial charge < -0.3 is 16.0 Å². The van der Waals surface area contributed by atoms with E-state index in [0.29, 0.717) is 5.92 Å². The molecule has 2 aliphatic rings. The van der Waals surface area contributed by atoms with Crippen molar-refractivity contribution in [3.63, 3.8) is 0 Å². The summed E-state index contributed by atoms with van der Waals surface area (Å²) >= 11 is 0. The van der Waals surface area contributed by atoms with E-state index >= 15 is 0 Å². The highest BCUT2D eigenvalue weighted by molar-refractivity contribution is 5.84. The van der Waals surface area contributed by atoms with Crippen LogP contribution in [0.25, 0.3) is 0 Å². The Kier molecular flexibility index (Phi) is 5.56. The maximum Gasteiger partial charge on any atom is 0.315 e. The number of carbonyl (C=O) groups excluding carboxylic acids is 2. The van der Waals surface area contributed by atoms with Crippen molar-refractivity contribution in [1.29, 1.82) is 0 Å². The zero-order valence-electron chi connectivity index (χ0n) is 14.6. The van der Waals surface area contributed by atoms with E-state index in [2.05, 4.69) is 22.9 Å². The predicted octanol–water partition coefficient (Wildman–Crippen LogP) is 2.57. The van der Waals surface area contributed by atoms with Gasteiger partial charge in [-0.3, -0.25) is 4.79 Å². The highest BCUT2D eigenvalue weighted by Gasteiger charge is 2.42. The lowest BCUT2D eigenvalue weighted by atomic mass is 9.84. The van der Waals surface area contributed by atoms with Crippen molar-refractivity contribution in [2.45, 2.75) is 45.2 Å². The molecule has 2 fully saturated rings. The fourth-order valence-corrected chi connectivity index (χ4v) is 4.33. The molecule has 2 bridgehead atoms. The normalized spacial score (nSPS) is 25.4. The SMILES string of the molecule is C[C@@H](NC(=O)CNC(=O)NCc1ccc(F)cc1)[C@H]1C[C@H]2CC[C@H]1C2. The topological polar surface area (TPSA) is 70.2 Å². The number of benzene rings is 1. The molecule has 0 aliphatic heterocycles. The van der Waals surface area contributed by atoms with E-state index < -0.39 is 6.03 Å². The fourth-order valence-electron chi connectivity index (χ4n) is 4.33. The summed E-state index contributed by atoms with van der Waals surface area (Å²) in [6.45, 7) is 2.31. The number of nitrogens with one attached hydrogen (secondary N) is 3. The van der Waals surface area contributed by atoms with E-state index in [-0.39, 0.29) is 30.9 Å².